The summed E-state index contributed by atoms with van der Waals surface area (Å²) < 4.78 is 13.1. The van der Waals surface area contributed by atoms with E-state index in [4.69, 9.17) is 4.99 Å². The van der Waals surface area contributed by atoms with Crippen molar-refractivity contribution in [3.8, 4) is 0 Å². The van der Waals surface area contributed by atoms with Crippen LogP contribution in [0, 0.1) is 5.82 Å². The van der Waals surface area contributed by atoms with Crippen LogP contribution in [0.3, 0.4) is 0 Å². The highest BCUT2D eigenvalue weighted by Gasteiger charge is 2.19. The van der Waals surface area contributed by atoms with Gasteiger partial charge in [0.2, 0.25) is 0 Å². The molecule has 1 aliphatic heterocycles. The van der Waals surface area contributed by atoms with Crippen molar-refractivity contribution in [1.82, 2.24) is 15.1 Å². The summed E-state index contributed by atoms with van der Waals surface area (Å²) in [4.78, 5) is 12.0. The highest BCUT2D eigenvalue weighted by atomic mass is 127. The number of nitrogens with one attached hydrogen (secondary N) is 1. The summed E-state index contributed by atoms with van der Waals surface area (Å²) >= 11 is 0. The third kappa shape index (κ3) is 8.11. The van der Waals surface area contributed by atoms with E-state index in [1.54, 1.807) is 0 Å². The van der Waals surface area contributed by atoms with Crippen molar-refractivity contribution < 1.29 is 4.39 Å². The first-order valence-corrected chi connectivity index (χ1v) is 10.4. The van der Waals surface area contributed by atoms with Gasteiger partial charge in [-0.05, 0) is 63.7 Å². The molecule has 0 aromatic heterocycles. The monoisotopic (exact) mass is 505 g/mol. The van der Waals surface area contributed by atoms with Gasteiger partial charge in [0.25, 0.3) is 0 Å². The number of unbranched alkanes of at least 4 members (excludes halogenated alkanes) is 1. The lowest BCUT2D eigenvalue weighted by atomic mass is 10.2. The van der Waals surface area contributed by atoms with E-state index < -0.39 is 0 Å². The zero-order chi connectivity index (χ0) is 19.5. The topological polar surface area (TPSA) is 34.1 Å². The average molecular weight is 505 g/mol. The number of aliphatic imine (C=N–C) groups is 1. The van der Waals surface area contributed by atoms with Crippen LogP contribution in [0.25, 0.3) is 0 Å². The molecule has 1 heterocycles. The number of benzene rings is 1. The van der Waals surface area contributed by atoms with E-state index in [9.17, 15) is 4.39 Å². The highest BCUT2D eigenvalue weighted by Crippen LogP contribution is 2.17. The maximum Gasteiger partial charge on any atom is 0.194 e. The van der Waals surface area contributed by atoms with Gasteiger partial charge in [0, 0.05) is 45.0 Å². The van der Waals surface area contributed by atoms with Crippen LogP contribution in [0.15, 0.2) is 29.3 Å². The molecule has 1 N–H and O–H groups in total. The molecule has 1 aromatic rings. The fraction of sp³-hybridized carbons (Fsp3) is 0.667. The molecule has 1 fully saturated rings. The van der Waals surface area contributed by atoms with Gasteiger partial charge in [0.15, 0.2) is 5.96 Å². The number of rotatable bonds is 9. The van der Waals surface area contributed by atoms with Crippen LogP contribution in [0.2, 0.25) is 0 Å². The van der Waals surface area contributed by atoms with Gasteiger partial charge >= 0.3 is 0 Å². The molecule has 1 aromatic carbocycles. The van der Waals surface area contributed by atoms with Crippen molar-refractivity contribution >= 4 is 35.6 Å². The zero-order valence-corrected chi connectivity index (χ0v) is 20.0. The molecule has 160 valence electrons. The number of guanidine groups is 1. The third-order valence-corrected chi connectivity index (χ3v) is 5.14. The van der Waals surface area contributed by atoms with Crippen molar-refractivity contribution in [2.24, 2.45) is 4.99 Å². The molecule has 2 rings (SSSR count). The molecule has 0 unspecified atom stereocenters. The summed E-state index contributed by atoms with van der Waals surface area (Å²) in [6, 6.07) is 6.79. The predicted octanol–water partition coefficient (Wildman–Crippen LogP) is 3.65. The molecule has 0 bridgehead atoms. The van der Waals surface area contributed by atoms with Gasteiger partial charge in [-0.25, -0.2) is 4.39 Å². The van der Waals surface area contributed by atoms with Gasteiger partial charge in [0.05, 0.1) is 0 Å². The Morgan fingerprint density at radius 3 is 2.25 bits per heavy atom. The Balaban J connectivity index is 0.00000392. The Labute approximate surface area is 187 Å². The van der Waals surface area contributed by atoms with Crippen LogP contribution in [0.1, 0.15) is 33.6 Å². The van der Waals surface area contributed by atoms with E-state index >= 15 is 0 Å². The van der Waals surface area contributed by atoms with Crippen molar-refractivity contribution in [3.63, 3.8) is 0 Å². The lowest BCUT2D eigenvalue weighted by Crippen LogP contribution is -2.52. The van der Waals surface area contributed by atoms with Gasteiger partial charge in [-0.1, -0.05) is 13.8 Å². The first-order valence-electron chi connectivity index (χ1n) is 10.4. The lowest BCUT2D eigenvalue weighted by molar-refractivity contribution is 0.297. The van der Waals surface area contributed by atoms with Crippen LogP contribution in [0.5, 0.6) is 0 Å². The summed E-state index contributed by atoms with van der Waals surface area (Å²) in [5.41, 5.74) is 1.09. The van der Waals surface area contributed by atoms with Crippen LogP contribution in [-0.2, 0) is 0 Å². The molecule has 0 atom stereocenters. The molecule has 0 spiro atoms. The van der Waals surface area contributed by atoms with Crippen molar-refractivity contribution in [2.45, 2.75) is 33.6 Å². The minimum Gasteiger partial charge on any atom is -0.368 e. The van der Waals surface area contributed by atoms with Gasteiger partial charge in [0.1, 0.15) is 5.82 Å². The van der Waals surface area contributed by atoms with Crippen LogP contribution in [0.4, 0.5) is 10.1 Å². The molecular weight excluding hydrogens is 468 g/mol. The second kappa shape index (κ2) is 14.0. The maximum atomic E-state index is 13.1. The van der Waals surface area contributed by atoms with Crippen molar-refractivity contribution in [1.29, 1.82) is 0 Å². The number of halogens is 2. The van der Waals surface area contributed by atoms with Gasteiger partial charge in [-0.3, -0.25) is 4.99 Å². The normalized spacial score (nSPS) is 15.0. The van der Waals surface area contributed by atoms with Gasteiger partial charge < -0.3 is 20.0 Å². The smallest absolute Gasteiger partial charge is 0.194 e. The lowest BCUT2D eigenvalue weighted by Gasteiger charge is -2.37. The summed E-state index contributed by atoms with van der Waals surface area (Å²) in [6.45, 7) is 15.5. The van der Waals surface area contributed by atoms with Crippen molar-refractivity contribution in [3.05, 3.63) is 30.1 Å². The third-order valence-electron chi connectivity index (χ3n) is 5.14. The van der Waals surface area contributed by atoms with Gasteiger partial charge in [-0.15, -0.1) is 24.0 Å². The predicted molar refractivity (Wildman–Crippen MR) is 129 cm³/mol. The summed E-state index contributed by atoms with van der Waals surface area (Å²) in [5, 5.41) is 3.43. The quantitative estimate of drug-likeness (QED) is 0.241. The second-order valence-electron chi connectivity index (χ2n) is 6.92. The molecule has 0 saturated carbocycles. The zero-order valence-electron chi connectivity index (χ0n) is 17.7. The average Bonchev–Trinajstić information content (AvgIpc) is 2.71. The highest BCUT2D eigenvalue weighted by molar-refractivity contribution is 14.0. The minimum absolute atomic E-state index is 0. The first-order chi connectivity index (χ1) is 13.2. The molecule has 0 radical (unpaired) electrons. The summed E-state index contributed by atoms with van der Waals surface area (Å²) in [6.07, 6.45) is 2.32. The second-order valence-corrected chi connectivity index (χ2v) is 6.92. The van der Waals surface area contributed by atoms with Crippen LogP contribution >= 0.6 is 24.0 Å². The molecule has 28 heavy (non-hydrogen) atoms. The van der Waals surface area contributed by atoms with E-state index in [0.717, 1.165) is 77.0 Å². The number of hydrogen-bond donors (Lipinski definition) is 1. The standard InChI is InChI=1S/C21H36FN5.HI/c1-4-23-21(24-13-7-8-14-25(5-2)6-3)27-17-15-26(16-18-27)20-11-9-19(22)10-12-20;/h9-12H,4-8,13-18H2,1-3H3,(H,23,24);1H. The van der Waals surface area contributed by atoms with E-state index in [2.05, 4.69) is 40.8 Å². The molecule has 5 nitrogen and oxygen atoms in total. The number of nitrogens with zero attached hydrogens (tertiary/aromatic N) is 4. The molecule has 0 amide bonds. The Hall–Kier alpha value is -1.09. The van der Waals surface area contributed by atoms with Gasteiger partial charge in [-0.2, -0.15) is 0 Å². The first kappa shape index (κ1) is 24.9. The van der Waals surface area contributed by atoms with E-state index in [1.165, 1.54) is 18.6 Å². The van der Waals surface area contributed by atoms with Crippen LogP contribution < -0.4 is 10.2 Å². The number of piperazine rings is 1. The molecule has 1 aliphatic rings. The molecule has 7 heteroatoms. The number of hydrogen-bond acceptors (Lipinski definition) is 3. The molecule has 0 aliphatic carbocycles. The SMILES string of the molecule is CCNC(=NCCCCN(CC)CC)N1CCN(c2ccc(F)cc2)CC1.I. The summed E-state index contributed by atoms with van der Waals surface area (Å²) in [7, 11) is 0. The van der Waals surface area contributed by atoms with E-state index in [0.29, 0.717) is 0 Å². The Bertz CT molecular complexity index is 554. The Morgan fingerprint density at radius 1 is 1.04 bits per heavy atom. The van der Waals surface area contributed by atoms with E-state index in [-0.39, 0.29) is 29.8 Å². The van der Waals surface area contributed by atoms with E-state index in [1.807, 2.05) is 12.1 Å². The maximum absolute atomic E-state index is 13.1. The van der Waals surface area contributed by atoms with Crippen LogP contribution in [-0.4, -0.2) is 74.7 Å². The molecule has 1 saturated heterocycles. The fourth-order valence-corrected chi connectivity index (χ4v) is 3.43. The molecular formula is C21H37FIN5. The Kier molecular flexibility index (Phi) is 12.5. The van der Waals surface area contributed by atoms with Crippen molar-refractivity contribution in [2.75, 3.05) is 63.8 Å². The largest absolute Gasteiger partial charge is 0.368 e. The minimum atomic E-state index is -0.181. The fourth-order valence-electron chi connectivity index (χ4n) is 3.43. The summed E-state index contributed by atoms with van der Waals surface area (Å²) in [5.74, 6) is 0.846. The number of anilines is 1. The Morgan fingerprint density at radius 2 is 1.68 bits per heavy atom.